The van der Waals surface area contributed by atoms with Gasteiger partial charge in [0, 0.05) is 19.6 Å². The molecule has 1 N–H and O–H groups in total. The predicted octanol–water partition coefficient (Wildman–Crippen LogP) is 2.08. The highest BCUT2D eigenvalue weighted by atomic mass is 35.5. The van der Waals surface area contributed by atoms with Crippen molar-refractivity contribution in [2.45, 2.75) is 12.2 Å². The maximum atomic E-state index is 12.6. The van der Waals surface area contributed by atoms with Crippen molar-refractivity contribution in [1.29, 1.82) is 0 Å². The van der Waals surface area contributed by atoms with E-state index >= 15 is 0 Å². The lowest BCUT2D eigenvalue weighted by Gasteiger charge is -2.35. The maximum Gasteiger partial charge on any atom is 0.405 e. The Balaban J connectivity index is 2.09. The minimum absolute atomic E-state index is 0.104. The number of rotatable bonds is 1. The Labute approximate surface area is 102 Å². The van der Waals surface area contributed by atoms with Crippen molar-refractivity contribution in [2.24, 2.45) is 0 Å². The summed E-state index contributed by atoms with van der Waals surface area (Å²) in [6, 6.07) is 1.75. The molecule has 2 rings (SSSR count). The zero-order valence-electron chi connectivity index (χ0n) is 8.84. The van der Waals surface area contributed by atoms with E-state index in [1.54, 1.807) is 17.0 Å². The first-order chi connectivity index (χ1) is 7.97. The summed E-state index contributed by atoms with van der Waals surface area (Å²) in [5.74, 6) is 0. The standard InChI is InChI=1S/C10H11ClF3N3/c11-9-2-1-7(5-16-9)17-4-3-15-8(6-17)10(12,13)14/h1-2,5,8,15H,3-4,6H2. The molecule has 0 radical (unpaired) electrons. The summed E-state index contributed by atoms with van der Waals surface area (Å²) < 4.78 is 37.7. The van der Waals surface area contributed by atoms with Crippen molar-refractivity contribution in [2.75, 3.05) is 24.5 Å². The van der Waals surface area contributed by atoms with Crippen LogP contribution >= 0.6 is 11.6 Å². The van der Waals surface area contributed by atoms with Gasteiger partial charge >= 0.3 is 6.18 Å². The smallest absolute Gasteiger partial charge is 0.367 e. The van der Waals surface area contributed by atoms with Crippen LogP contribution in [-0.2, 0) is 0 Å². The van der Waals surface area contributed by atoms with Crippen LogP contribution in [0.3, 0.4) is 0 Å². The normalized spacial score (nSPS) is 21.6. The molecule has 0 saturated carbocycles. The Kier molecular flexibility index (Phi) is 3.44. The van der Waals surface area contributed by atoms with Gasteiger partial charge in [0.15, 0.2) is 0 Å². The Morgan fingerprint density at radius 3 is 2.76 bits per heavy atom. The van der Waals surface area contributed by atoms with Gasteiger partial charge in [-0.1, -0.05) is 11.6 Å². The van der Waals surface area contributed by atoms with Gasteiger partial charge in [0.1, 0.15) is 11.2 Å². The molecule has 0 bridgehead atoms. The SMILES string of the molecule is FC(F)(F)C1CN(c2ccc(Cl)nc2)CCN1. The van der Waals surface area contributed by atoms with Crippen LogP contribution in [0, 0.1) is 0 Å². The van der Waals surface area contributed by atoms with E-state index in [0.717, 1.165) is 0 Å². The molecule has 1 aromatic rings. The Morgan fingerprint density at radius 2 is 2.18 bits per heavy atom. The highest BCUT2D eigenvalue weighted by Gasteiger charge is 2.41. The third kappa shape index (κ3) is 3.01. The fourth-order valence-corrected chi connectivity index (χ4v) is 1.87. The zero-order chi connectivity index (χ0) is 12.5. The van der Waals surface area contributed by atoms with E-state index < -0.39 is 12.2 Å². The van der Waals surface area contributed by atoms with E-state index in [-0.39, 0.29) is 6.54 Å². The van der Waals surface area contributed by atoms with Crippen LogP contribution in [0.2, 0.25) is 5.15 Å². The molecule has 1 fully saturated rings. The van der Waals surface area contributed by atoms with Crippen molar-refractivity contribution in [3.8, 4) is 0 Å². The van der Waals surface area contributed by atoms with Crippen molar-refractivity contribution in [1.82, 2.24) is 10.3 Å². The second-order valence-electron chi connectivity index (χ2n) is 3.83. The number of anilines is 1. The molecule has 0 spiro atoms. The fraction of sp³-hybridized carbons (Fsp3) is 0.500. The molecule has 1 atom stereocenters. The van der Waals surface area contributed by atoms with E-state index in [9.17, 15) is 13.2 Å². The lowest BCUT2D eigenvalue weighted by Crippen LogP contribution is -2.57. The molecule has 7 heteroatoms. The maximum absolute atomic E-state index is 12.6. The van der Waals surface area contributed by atoms with Crippen molar-refractivity contribution in [3.63, 3.8) is 0 Å². The third-order valence-electron chi connectivity index (χ3n) is 2.65. The number of hydrogen-bond acceptors (Lipinski definition) is 3. The summed E-state index contributed by atoms with van der Waals surface area (Å²) in [5, 5.41) is 2.79. The minimum Gasteiger partial charge on any atom is -0.367 e. The number of hydrogen-bond donors (Lipinski definition) is 1. The van der Waals surface area contributed by atoms with Crippen LogP contribution in [0.1, 0.15) is 0 Å². The van der Waals surface area contributed by atoms with Gasteiger partial charge in [0.2, 0.25) is 0 Å². The quantitative estimate of drug-likeness (QED) is 0.788. The molecule has 2 heterocycles. The van der Waals surface area contributed by atoms with Gasteiger partial charge in [0.25, 0.3) is 0 Å². The topological polar surface area (TPSA) is 28.2 Å². The molecule has 0 aliphatic carbocycles. The molecule has 1 saturated heterocycles. The van der Waals surface area contributed by atoms with Gasteiger partial charge < -0.3 is 10.2 Å². The molecule has 94 valence electrons. The monoisotopic (exact) mass is 265 g/mol. The largest absolute Gasteiger partial charge is 0.405 e. The average molecular weight is 266 g/mol. The molecular formula is C10H11ClF3N3. The predicted molar refractivity (Wildman–Crippen MR) is 59.3 cm³/mol. The molecule has 17 heavy (non-hydrogen) atoms. The number of halogens is 4. The summed E-state index contributed by atoms with van der Waals surface area (Å²) in [4.78, 5) is 5.51. The summed E-state index contributed by atoms with van der Waals surface area (Å²) >= 11 is 5.63. The van der Waals surface area contributed by atoms with Gasteiger partial charge in [-0.25, -0.2) is 4.98 Å². The highest BCUT2D eigenvalue weighted by molar-refractivity contribution is 6.29. The van der Waals surface area contributed by atoms with Crippen LogP contribution in [0.4, 0.5) is 18.9 Å². The van der Waals surface area contributed by atoms with Gasteiger partial charge in [-0.3, -0.25) is 0 Å². The number of piperazine rings is 1. The van der Waals surface area contributed by atoms with E-state index in [1.807, 2.05) is 0 Å². The molecule has 1 aromatic heterocycles. The van der Waals surface area contributed by atoms with Crippen LogP contribution in [0.5, 0.6) is 0 Å². The van der Waals surface area contributed by atoms with Crippen LogP contribution in [-0.4, -0.2) is 36.8 Å². The Bertz CT molecular complexity index is 379. The second-order valence-corrected chi connectivity index (χ2v) is 4.22. The summed E-state index contributed by atoms with van der Waals surface area (Å²) in [7, 11) is 0. The fourth-order valence-electron chi connectivity index (χ4n) is 1.76. The highest BCUT2D eigenvalue weighted by Crippen LogP contribution is 2.25. The van der Waals surface area contributed by atoms with E-state index in [0.29, 0.717) is 23.9 Å². The Morgan fingerprint density at radius 1 is 1.41 bits per heavy atom. The van der Waals surface area contributed by atoms with E-state index in [4.69, 9.17) is 11.6 Å². The molecular weight excluding hydrogens is 255 g/mol. The molecule has 1 aliphatic rings. The number of alkyl halides is 3. The number of nitrogens with one attached hydrogen (secondary N) is 1. The first kappa shape index (κ1) is 12.4. The second kappa shape index (κ2) is 4.70. The van der Waals surface area contributed by atoms with Crippen molar-refractivity contribution >= 4 is 17.3 Å². The van der Waals surface area contributed by atoms with Crippen molar-refractivity contribution in [3.05, 3.63) is 23.5 Å². The van der Waals surface area contributed by atoms with Crippen molar-refractivity contribution < 1.29 is 13.2 Å². The summed E-state index contributed by atoms with van der Waals surface area (Å²) in [6.45, 7) is 0.718. The van der Waals surface area contributed by atoms with Crippen LogP contribution < -0.4 is 10.2 Å². The molecule has 1 aliphatic heterocycles. The van der Waals surface area contributed by atoms with Crippen LogP contribution in [0.15, 0.2) is 18.3 Å². The zero-order valence-corrected chi connectivity index (χ0v) is 9.59. The number of nitrogens with zero attached hydrogens (tertiary/aromatic N) is 2. The van der Waals surface area contributed by atoms with Gasteiger partial charge in [0.05, 0.1) is 11.9 Å². The van der Waals surface area contributed by atoms with Gasteiger partial charge in [-0.2, -0.15) is 13.2 Å². The lowest BCUT2D eigenvalue weighted by molar-refractivity contribution is -0.155. The molecule has 0 aromatic carbocycles. The summed E-state index contributed by atoms with van der Waals surface area (Å²) in [5.41, 5.74) is 0.658. The molecule has 1 unspecified atom stereocenters. The van der Waals surface area contributed by atoms with Crippen LogP contribution in [0.25, 0.3) is 0 Å². The Hall–Kier alpha value is -1.01. The summed E-state index contributed by atoms with van der Waals surface area (Å²) in [6.07, 6.45) is -2.74. The molecule has 3 nitrogen and oxygen atoms in total. The minimum atomic E-state index is -4.22. The van der Waals surface area contributed by atoms with Gasteiger partial charge in [-0.05, 0) is 12.1 Å². The number of aromatic nitrogens is 1. The first-order valence-electron chi connectivity index (χ1n) is 5.13. The lowest BCUT2D eigenvalue weighted by atomic mass is 10.2. The molecule has 0 amide bonds. The van der Waals surface area contributed by atoms with E-state index in [2.05, 4.69) is 10.3 Å². The third-order valence-corrected chi connectivity index (χ3v) is 2.87. The van der Waals surface area contributed by atoms with E-state index in [1.165, 1.54) is 6.20 Å². The number of pyridine rings is 1. The average Bonchev–Trinajstić information content (AvgIpc) is 2.29. The van der Waals surface area contributed by atoms with Gasteiger partial charge in [-0.15, -0.1) is 0 Å². The first-order valence-corrected chi connectivity index (χ1v) is 5.51.